The third-order valence-electron chi connectivity index (χ3n) is 12.8. The van der Waals surface area contributed by atoms with Gasteiger partial charge < -0.3 is 40.3 Å². The van der Waals surface area contributed by atoms with E-state index >= 15 is 0 Å². The first kappa shape index (κ1) is 70.6. The number of carbonyl (C=O) groups excluding carboxylic acids is 1. The molecule has 432 valence electrons. The lowest BCUT2D eigenvalue weighted by Crippen LogP contribution is -2.60. The van der Waals surface area contributed by atoms with Crippen molar-refractivity contribution in [1.29, 1.82) is 0 Å². The third-order valence-corrected chi connectivity index (χ3v) is 12.8. The van der Waals surface area contributed by atoms with E-state index in [0.717, 1.165) is 128 Å². The molecule has 0 aromatic rings. The molecule has 9 heteroatoms. The summed E-state index contributed by atoms with van der Waals surface area (Å²) in [4.78, 5) is 13.0. The lowest BCUT2D eigenvalue weighted by Gasteiger charge is -2.40. The average molecular weight is 1070 g/mol. The van der Waals surface area contributed by atoms with Crippen LogP contribution in [0.25, 0.3) is 0 Å². The highest BCUT2D eigenvalue weighted by molar-refractivity contribution is 5.76. The summed E-state index contributed by atoms with van der Waals surface area (Å²) < 4.78 is 11.2. The Kier molecular flexibility index (Phi) is 50.3. The Bertz CT molecular complexity index is 1810. The van der Waals surface area contributed by atoms with Crippen molar-refractivity contribution >= 4 is 5.91 Å². The van der Waals surface area contributed by atoms with Crippen LogP contribution in [0.15, 0.2) is 170 Å². The normalized spacial score (nSPS) is 20.0. The number of rotatable bonds is 48. The van der Waals surface area contributed by atoms with Crippen LogP contribution in [0, 0.1) is 0 Å². The summed E-state index contributed by atoms with van der Waals surface area (Å²) in [6.07, 6.45) is 81.4. The molecule has 1 aliphatic rings. The first-order valence-corrected chi connectivity index (χ1v) is 29.9. The summed E-state index contributed by atoms with van der Waals surface area (Å²) >= 11 is 0. The standard InChI is InChI=1S/C68H107NO8/c1-3-5-7-9-11-13-15-17-18-19-20-21-22-23-24-25-26-27-28-29-30-31-32-33-34-35-36-37-38-39-40-41-42-43-44-46-48-50-52-54-56-58-64(72)69-61(60-76-68-67(75)66(74)65(73)63(59-70)77-68)62(71)57-55-53-51-49-47-45-16-14-12-10-8-6-4-2/h5,7,11-14,17-18,20-21,23-24,26-27,29-30,32-33,35-36,38-39,41-42,47,49,55,57,61-63,65-68,70-71,73-75H,3-4,6,8-10,15-16,19,22,25,28,31,34,37,40,43-46,48,50-54,56,58-60H2,1-2H3,(H,69,72)/b7-5-,13-11-,14-12+,18-17-,21-20-,24-23-,27-26-,30-29-,33-32-,36-35-,39-38-,42-41-,49-47+,57-55+. The van der Waals surface area contributed by atoms with Crippen molar-refractivity contribution in [2.24, 2.45) is 0 Å². The minimum atomic E-state index is -1.59. The van der Waals surface area contributed by atoms with Crippen LogP contribution in [0.2, 0.25) is 0 Å². The van der Waals surface area contributed by atoms with Crippen LogP contribution in [-0.4, -0.2) is 87.5 Å². The molecule has 1 heterocycles. The van der Waals surface area contributed by atoms with Crippen molar-refractivity contribution in [2.75, 3.05) is 13.2 Å². The van der Waals surface area contributed by atoms with Crippen LogP contribution in [0.4, 0.5) is 0 Å². The Morgan fingerprint density at radius 3 is 1.25 bits per heavy atom. The molecule has 0 aromatic carbocycles. The van der Waals surface area contributed by atoms with E-state index in [9.17, 15) is 30.3 Å². The summed E-state index contributed by atoms with van der Waals surface area (Å²) in [6, 6.07) is -0.846. The quantitative estimate of drug-likeness (QED) is 0.0261. The van der Waals surface area contributed by atoms with Gasteiger partial charge in [0.05, 0.1) is 25.4 Å². The molecule has 1 saturated heterocycles. The molecule has 0 aromatic heterocycles. The molecule has 9 nitrogen and oxygen atoms in total. The van der Waals surface area contributed by atoms with Gasteiger partial charge in [-0.05, 0) is 128 Å². The predicted molar refractivity (Wildman–Crippen MR) is 326 cm³/mol. The molecule has 77 heavy (non-hydrogen) atoms. The Hall–Kier alpha value is -4.45. The van der Waals surface area contributed by atoms with Gasteiger partial charge >= 0.3 is 0 Å². The second-order valence-electron chi connectivity index (χ2n) is 19.7. The number of carbonyl (C=O) groups is 1. The summed E-state index contributed by atoms with van der Waals surface area (Å²) in [5.41, 5.74) is 0. The van der Waals surface area contributed by atoms with Gasteiger partial charge in [-0.3, -0.25) is 4.79 Å². The minimum Gasteiger partial charge on any atom is -0.394 e. The van der Waals surface area contributed by atoms with E-state index in [4.69, 9.17) is 9.47 Å². The SMILES string of the molecule is CC/C=C\C/C=C\C/C=C\C/C=C\C/C=C\C/C=C\C/C=C\C/C=C\C/C=C\C/C=C\C/C=C\CCCCCCCCCC(=O)NC(COC1OC(CO)C(O)C(O)C1O)C(O)/C=C/CC/C=C/CC/C=C/CCCCC. The molecule has 0 aliphatic carbocycles. The number of hydrogen-bond donors (Lipinski definition) is 6. The molecule has 0 spiro atoms. The third kappa shape index (κ3) is 44.1. The van der Waals surface area contributed by atoms with E-state index in [1.54, 1.807) is 6.08 Å². The van der Waals surface area contributed by atoms with Gasteiger partial charge in [-0.1, -0.05) is 229 Å². The van der Waals surface area contributed by atoms with E-state index in [1.807, 2.05) is 6.08 Å². The molecular weight excluding hydrogens is 959 g/mol. The second-order valence-corrected chi connectivity index (χ2v) is 19.7. The van der Waals surface area contributed by atoms with Crippen LogP contribution >= 0.6 is 0 Å². The monoisotopic (exact) mass is 1070 g/mol. The highest BCUT2D eigenvalue weighted by atomic mass is 16.7. The van der Waals surface area contributed by atoms with Crippen molar-refractivity contribution in [3.8, 4) is 0 Å². The Balaban J connectivity index is 2.18. The first-order chi connectivity index (χ1) is 37.8. The summed E-state index contributed by atoms with van der Waals surface area (Å²) in [7, 11) is 0. The highest BCUT2D eigenvalue weighted by Crippen LogP contribution is 2.22. The average Bonchev–Trinajstić information content (AvgIpc) is 3.43. The molecule has 6 N–H and O–H groups in total. The fourth-order valence-corrected chi connectivity index (χ4v) is 8.07. The van der Waals surface area contributed by atoms with Crippen LogP contribution in [0.1, 0.15) is 194 Å². The summed E-state index contributed by atoms with van der Waals surface area (Å²) in [5.74, 6) is -0.212. The van der Waals surface area contributed by atoms with Gasteiger partial charge in [0.2, 0.25) is 5.91 Å². The molecule has 1 amide bonds. The zero-order chi connectivity index (χ0) is 55.8. The van der Waals surface area contributed by atoms with E-state index in [0.29, 0.717) is 12.8 Å². The maximum absolute atomic E-state index is 13.0. The van der Waals surface area contributed by atoms with E-state index in [1.165, 1.54) is 38.5 Å². The van der Waals surface area contributed by atoms with Gasteiger partial charge in [0, 0.05) is 6.42 Å². The first-order valence-electron chi connectivity index (χ1n) is 29.9. The molecule has 0 bridgehead atoms. The van der Waals surface area contributed by atoms with Gasteiger partial charge in [-0.2, -0.15) is 0 Å². The smallest absolute Gasteiger partial charge is 0.220 e. The molecule has 0 radical (unpaired) electrons. The van der Waals surface area contributed by atoms with Crippen molar-refractivity contribution in [3.63, 3.8) is 0 Å². The van der Waals surface area contributed by atoms with Gasteiger partial charge in [-0.15, -0.1) is 0 Å². The van der Waals surface area contributed by atoms with E-state index in [2.05, 4.69) is 177 Å². The van der Waals surface area contributed by atoms with Crippen LogP contribution in [-0.2, 0) is 14.3 Å². The fourth-order valence-electron chi connectivity index (χ4n) is 8.07. The highest BCUT2D eigenvalue weighted by Gasteiger charge is 2.44. The molecule has 0 saturated carbocycles. The van der Waals surface area contributed by atoms with E-state index in [-0.39, 0.29) is 12.5 Å². The largest absolute Gasteiger partial charge is 0.394 e. The number of ether oxygens (including phenoxy) is 2. The number of aliphatic hydroxyl groups is 5. The molecule has 1 aliphatic heterocycles. The number of hydrogen-bond acceptors (Lipinski definition) is 8. The van der Waals surface area contributed by atoms with E-state index < -0.39 is 49.5 Å². The van der Waals surface area contributed by atoms with Gasteiger partial charge in [0.15, 0.2) is 6.29 Å². The summed E-state index contributed by atoms with van der Waals surface area (Å²) in [5, 5.41) is 54.3. The molecule has 1 rings (SSSR count). The zero-order valence-electron chi connectivity index (χ0n) is 47.9. The number of unbranched alkanes of at least 4 members (excludes halogenated alkanes) is 12. The summed E-state index contributed by atoms with van der Waals surface area (Å²) in [6.45, 7) is 3.57. The Morgan fingerprint density at radius 2 is 0.818 bits per heavy atom. The number of allylic oxidation sites excluding steroid dienone is 27. The molecule has 1 fully saturated rings. The van der Waals surface area contributed by atoms with Gasteiger partial charge in [-0.25, -0.2) is 0 Å². The number of aliphatic hydroxyl groups excluding tert-OH is 5. The topological polar surface area (TPSA) is 149 Å². The van der Waals surface area contributed by atoms with Crippen LogP contribution in [0.5, 0.6) is 0 Å². The Morgan fingerprint density at radius 1 is 0.455 bits per heavy atom. The maximum Gasteiger partial charge on any atom is 0.220 e. The van der Waals surface area contributed by atoms with Gasteiger partial charge in [0.1, 0.15) is 24.4 Å². The number of amides is 1. The van der Waals surface area contributed by atoms with Crippen LogP contribution in [0.3, 0.4) is 0 Å². The Labute approximate surface area is 468 Å². The lowest BCUT2D eigenvalue weighted by atomic mass is 9.99. The molecule has 7 unspecified atom stereocenters. The zero-order valence-corrected chi connectivity index (χ0v) is 47.9. The van der Waals surface area contributed by atoms with Gasteiger partial charge in [0.25, 0.3) is 0 Å². The van der Waals surface area contributed by atoms with Crippen molar-refractivity contribution in [3.05, 3.63) is 170 Å². The van der Waals surface area contributed by atoms with Crippen molar-refractivity contribution in [2.45, 2.75) is 236 Å². The lowest BCUT2D eigenvalue weighted by molar-refractivity contribution is -0.302. The van der Waals surface area contributed by atoms with Crippen LogP contribution < -0.4 is 5.32 Å². The van der Waals surface area contributed by atoms with Crippen molar-refractivity contribution in [1.82, 2.24) is 5.32 Å². The minimum absolute atomic E-state index is 0.212. The predicted octanol–water partition coefficient (Wildman–Crippen LogP) is 15.4. The molecular formula is C68H107NO8. The van der Waals surface area contributed by atoms with Crippen molar-refractivity contribution < 1.29 is 39.8 Å². The number of nitrogens with one attached hydrogen (secondary N) is 1. The molecule has 7 atom stereocenters. The second kappa shape index (κ2) is 54.9. The maximum atomic E-state index is 13.0. The fraction of sp³-hybridized carbons (Fsp3) is 0.574.